The van der Waals surface area contributed by atoms with Gasteiger partial charge in [0, 0.05) is 42.7 Å². The van der Waals surface area contributed by atoms with E-state index in [0.717, 1.165) is 67.2 Å². The van der Waals surface area contributed by atoms with E-state index in [1.165, 1.54) is 6.42 Å². The number of benzene rings is 1. The lowest BCUT2D eigenvalue weighted by Crippen LogP contribution is -2.40. The molecule has 1 aliphatic heterocycles. The summed E-state index contributed by atoms with van der Waals surface area (Å²) in [5.41, 5.74) is 3.11. The normalized spacial score (nSPS) is 16.9. The fourth-order valence-electron chi connectivity index (χ4n) is 3.80. The summed E-state index contributed by atoms with van der Waals surface area (Å²) in [5, 5.41) is 12.9. The molecule has 2 heterocycles. The molecule has 0 spiro atoms. The minimum absolute atomic E-state index is 0.210. The second-order valence-electron chi connectivity index (χ2n) is 7.45. The van der Waals surface area contributed by atoms with Crippen LogP contribution in [0, 0.1) is 6.92 Å². The first-order chi connectivity index (χ1) is 13.6. The summed E-state index contributed by atoms with van der Waals surface area (Å²) in [7, 11) is 1.67. The number of aromatic nitrogens is 2. The van der Waals surface area contributed by atoms with E-state index in [-0.39, 0.29) is 6.61 Å². The Morgan fingerprint density at radius 2 is 2.11 bits per heavy atom. The van der Waals surface area contributed by atoms with E-state index in [1.54, 1.807) is 7.11 Å². The Labute approximate surface area is 168 Å². The molecule has 1 unspecified atom stereocenters. The van der Waals surface area contributed by atoms with Gasteiger partial charge in [-0.2, -0.15) is 4.98 Å². The van der Waals surface area contributed by atoms with Crippen LogP contribution in [0.25, 0.3) is 0 Å². The molecule has 1 fully saturated rings. The maximum atomic E-state index is 9.47. The van der Waals surface area contributed by atoms with Gasteiger partial charge in [-0.05, 0) is 50.7 Å². The van der Waals surface area contributed by atoms with Gasteiger partial charge in [0.25, 0.3) is 0 Å². The molecule has 0 aliphatic carbocycles. The van der Waals surface area contributed by atoms with Gasteiger partial charge < -0.3 is 20.1 Å². The predicted octanol–water partition coefficient (Wildman–Crippen LogP) is 4.23. The van der Waals surface area contributed by atoms with E-state index in [2.05, 4.69) is 30.1 Å². The number of nitrogens with one attached hydrogen (secondary N) is 1. The topological polar surface area (TPSA) is 70.5 Å². The SMILES string of the molecule is CCCc1cc(N2CCCCC2CCO)nc(Nc2cc(OC)ccc2C)n1. The van der Waals surface area contributed by atoms with Crippen molar-refractivity contribution in [1.82, 2.24) is 9.97 Å². The first-order valence-corrected chi connectivity index (χ1v) is 10.3. The van der Waals surface area contributed by atoms with E-state index in [1.807, 2.05) is 18.2 Å². The standard InChI is InChI=1S/C22H32N4O2/c1-4-7-17-14-21(26-12-6-5-8-18(26)11-13-27)25-22(23-17)24-20-15-19(28-3)10-9-16(20)2/h9-10,14-15,18,27H,4-8,11-13H2,1-3H3,(H,23,24,25). The van der Waals surface area contributed by atoms with Crippen molar-refractivity contribution >= 4 is 17.5 Å². The van der Waals surface area contributed by atoms with E-state index in [9.17, 15) is 5.11 Å². The van der Waals surface area contributed by atoms with Crippen LogP contribution >= 0.6 is 0 Å². The number of aliphatic hydroxyl groups is 1. The molecule has 0 radical (unpaired) electrons. The van der Waals surface area contributed by atoms with Gasteiger partial charge in [0.15, 0.2) is 0 Å². The molecule has 0 bridgehead atoms. The van der Waals surface area contributed by atoms with Crippen molar-refractivity contribution in [1.29, 1.82) is 0 Å². The van der Waals surface area contributed by atoms with Crippen LogP contribution in [0.3, 0.4) is 0 Å². The molecule has 1 saturated heterocycles. The third-order valence-corrected chi connectivity index (χ3v) is 5.35. The van der Waals surface area contributed by atoms with Crippen LogP contribution in [-0.2, 0) is 6.42 Å². The largest absolute Gasteiger partial charge is 0.497 e. The van der Waals surface area contributed by atoms with Crippen LogP contribution in [0.1, 0.15) is 50.3 Å². The van der Waals surface area contributed by atoms with Crippen LogP contribution in [0.15, 0.2) is 24.3 Å². The zero-order valence-electron chi connectivity index (χ0n) is 17.2. The number of aryl methyl sites for hydroxylation is 2. The maximum absolute atomic E-state index is 9.47. The van der Waals surface area contributed by atoms with Gasteiger partial charge in [-0.25, -0.2) is 4.98 Å². The van der Waals surface area contributed by atoms with E-state index in [4.69, 9.17) is 14.7 Å². The Bertz CT molecular complexity index is 779. The Hall–Kier alpha value is -2.34. The molecule has 6 nitrogen and oxygen atoms in total. The fraction of sp³-hybridized carbons (Fsp3) is 0.545. The minimum atomic E-state index is 0.210. The van der Waals surface area contributed by atoms with Crippen molar-refractivity contribution in [3.63, 3.8) is 0 Å². The molecule has 2 aromatic rings. The molecule has 2 N–H and O–H groups in total. The highest BCUT2D eigenvalue weighted by molar-refractivity contribution is 5.62. The Kier molecular flexibility index (Phi) is 7.09. The molecule has 6 heteroatoms. The maximum Gasteiger partial charge on any atom is 0.229 e. The zero-order chi connectivity index (χ0) is 19.9. The van der Waals surface area contributed by atoms with Crippen molar-refractivity contribution in [3.05, 3.63) is 35.5 Å². The number of hydrogen-bond donors (Lipinski definition) is 2. The summed E-state index contributed by atoms with van der Waals surface area (Å²) >= 11 is 0. The van der Waals surface area contributed by atoms with E-state index in [0.29, 0.717) is 12.0 Å². The van der Waals surface area contributed by atoms with Gasteiger partial charge in [0.1, 0.15) is 11.6 Å². The summed E-state index contributed by atoms with van der Waals surface area (Å²) in [5.74, 6) is 2.38. The van der Waals surface area contributed by atoms with Crippen molar-refractivity contribution < 1.29 is 9.84 Å². The molecule has 1 atom stereocenters. The summed E-state index contributed by atoms with van der Waals surface area (Å²) in [6.07, 6.45) is 6.21. The first kappa shape index (κ1) is 20.4. The van der Waals surface area contributed by atoms with Crippen LogP contribution in [0.5, 0.6) is 5.75 Å². The van der Waals surface area contributed by atoms with Crippen molar-refractivity contribution in [2.75, 3.05) is 30.5 Å². The van der Waals surface area contributed by atoms with Gasteiger partial charge >= 0.3 is 0 Å². The number of rotatable bonds is 8. The molecule has 1 aliphatic rings. The molecule has 1 aromatic carbocycles. The van der Waals surface area contributed by atoms with Crippen molar-refractivity contribution in [3.8, 4) is 5.75 Å². The van der Waals surface area contributed by atoms with Crippen LogP contribution in [0.4, 0.5) is 17.5 Å². The predicted molar refractivity (Wildman–Crippen MR) is 114 cm³/mol. The smallest absolute Gasteiger partial charge is 0.229 e. The van der Waals surface area contributed by atoms with Crippen molar-refractivity contribution in [2.45, 2.75) is 58.4 Å². The average molecular weight is 385 g/mol. The number of aliphatic hydroxyl groups excluding tert-OH is 1. The monoisotopic (exact) mass is 384 g/mol. The number of piperidine rings is 1. The number of anilines is 3. The molecule has 28 heavy (non-hydrogen) atoms. The number of hydrogen-bond acceptors (Lipinski definition) is 6. The lowest BCUT2D eigenvalue weighted by Gasteiger charge is -2.36. The highest BCUT2D eigenvalue weighted by Crippen LogP contribution is 2.29. The van der Waals surface area contributed by atoms with Gasteiger partial charge in [-0.15, -0.1) is 0 Å². The second-order valence-corrected chi connectivity index (χ2v) is 7.45. The lowest BCUT2D eigenvalue weighted by molar-refractivity contribution is 0.262. The van der Waals surface area contributed by atoms with Crippen LogP contribution in [-0.4, -0.2) is 41.4 Å². The average Bonchev–Trinajstić information content (AvgIpc) is 2.70. The fourth-order valence-corrected chi connectivity index (χ4v) is 3.80. The Morgan fingerprint density at radius 3 is 2.86 bits per heavy atom. The first-order valence-electron chi connectivity index (χ1n) is 10.3. The van der Waals surface area contributed by atoms with Gasteiger partial charge in [0.2, 0.25) is 5.95 Å². The molecule has 0 saturated carbocycles. The Balaban J connectivity index is 1.93. The van der Waals surface area contributed by atoms with Crippen LogP contribution < -0.4 is 15.0 Å². The molecule has 3 rings (SSSR count). The van der Waals surface area contributed by atoms with Gasteiger partial charge in [0.05, 0.1) is 7.11 Å². The quantitative estimate of drug-likeness (QED) is 0.710. The lowest BCUT2D eigenvalue weighted by atomic mass is 9.99. The molecule has 1 aromatic heterocycles. The van der Waals surface area contributed by atoms with Crippen LogP contribution in [0.2, 0.25) is 0 Å². The second kappa shape index (κ2) is 9.73. The summed E-state index contributed by atoms with van der Waals surface area (Å²) in [6, 6.07) is 8.41. The Morgan fingerprint density at radius 1 is 1.25 bits per heavy atom. The molecule has 0 amide bonds. The summed E-state index contributed by atoms with van der Waals surface area (Å²) in [4.78, 5) is 11.9. The molecule has 152 valence electrons. The molecular weight excluding hydrogens is 352 g/mol. The molecular formula is C22H32N4O2. The number of ether oxygens (including phenoxy) is 1. The summed E-state index contributed by atoms with van der Waals surface area (Å²) in [6.45, 7) is 5.41. The third kappa shape index (κ3) is 4.93. The van der Waals surface area contributed by atoms with Gasteiger partial charge in [-0.1, -0.05) is 19.4 Å². The third-order valence-electron chi connectivity index (χ3n) is 5.35. The van der Waals surface area contributed by atoms with E-state index < -0.39 is 0 Å². The number of methoxy groups -OCH3 is 1. The highest BCUT2D eigenvalue weighted by Gasteiger charge is 2.24. The van der Waals surface area contributed by atoms with Crippen molar-refractivity contribution in [2.24, 2.45) is 0 Å². The highest BCUT2D eigenvalue weighted by atomic mass is 16.5. The zero-order valence-corrected chi connectivity index (χ0v) is 17.2. The van der Waals surface area contributed by atoms with Gasteiger partial charge in [-0.3, -0.25) is 0 Å². The summed E-state index contributed by atoms with van der Waals surface area (Å²) < 4.78 is 5.36. The minimum Gasteiger partial charge on any atom is -0.497 e. The number of nitrogens with zero attached hydrogens (tertiary/aromatic N) is 3. The van der Waals surface area contributed by atoms with E-state index >= 15 is 0 Å².